The molecule has 0 radical (unpaired) electrons. The summed E-state index contributed by atoms with van der Waals surface area (Å²) in [7, 11) is 0. The van der Waals surface area contributed by atoms with Crippen LogP contribution < -0.4 is 4.90 Å². The van der Waals surface area contributed by atoms with E-state index in [0.717, 1.165) is 57.3 Å². The van der Waals surface area contributed by atoms with E-state index >= 15 is 0 Å². The average molecular weight is 458 g/mol. The number of carbonyl (C=O) groups is 1. The molecule has 0 saturated carbocycles. The molecule has 1 fully saturated rings. The fourth-order valence-corrected chi connectivity index (χ4v) is 5.31. The topological polar surface area (TPSA) is 36.0 Å². The van der Waals surface area contributed by atoms with Gasteiger partial charge in [0.25, 0.3) is 0 Å². The molecule has 2 aliphatic rings. The number of hydrogen-bond acceptors (Lipinski definition) is 6. The summed E-state index contributed by atoms with van der Waals surface area (Å²) in [5.74, 6) is -0.348. The molecular weight excluding hydrogens is 430 g/mol. The lowest BCUT2D eigenvalue weighted by atomic mass is 10.2. The van der Waals surface area contributed by atoms with Crippen molar-refractivity contribution in [3.63, 3.8) is 0 Å². The second kappa shape index (κ2) is 10.6. The van der Waals surface area contributed by atoms with Gasteiger partial charge in [0, 0.05) is 60.2 Å². The Morgan fingerprint density at radius 1 is 1.00 bits per heavy atom. The summed E-state index contributed by atoms with van der Waals surface area (Å²) >= 11 is 8.13. The minimum absolute atomic E-state index is 0.348. The average Bonchev–Trinajstić information content (AvgIpc) is 2.79. The van der Waals surface area contributed by atoms with Gasteiger partial charge >= 0.3 is 5.97 Å². The Bertz CT molecular complexity index is 931. The molecule has 31 heavy (non-hydrogen) atoms. The van der Waals surface area contributed by atoms with Crippen LogP contribution in [0.25, 0.3) is 0 Å². The van der Waals surface area contributed by atoms with Crippen molar-refractivity contribution >= 4 is 40.7 Å². The molecule has 2 aromatic carbocycles. The summed E-state index contributed by atoms with van der Waals surface area (Å²) in [6, 6.07) is 14.8. The third kappa shape index (κ3) is 5.63. The highest BCUT2D eigenvalue weighted by Gasteiger charge is 2.24. The Labute approximate surface area is 193 Å². The molecule has 4 rings (SSSR count). The summed E-state index contributed by atoms with van der Waals surface area (Å²) in [5.41, 5.74) is 2.47. The van der Waals surface area contributed by atoms with E-state index in [1.54, 1.807) is 0 Å². The minimum Gasteiger partial charge on any atom is -0.461 e. The third-order valence-electron chi connectivity index (χ3n) is 5.73. The van der Waals surface area contributed by atoms with Crippen molar-refractivity contribution < 1.29 is 9.53 Å². The lowest BCUT2D eigenvalue weighted by molar-refractivity contribution is -0.138. The first-order valence-electron chi connectivity index (χ1n) is 10.7. The predicted molar refractivity (Wildman–Crippen MR) is 128 cm³/mol. The number of fused-ring (bicyclic) bond motifs is 2. The van der Waals surface area contributed by atoms with Crippen molar-refractivity contribution in [1.82, 2.24) is 9.80 Å². The summed E-state index contributed by atoms with van der Waals surface area (Å²) in [4.78, 5) is 21.0. The first-order chi connectivity index (χ1) is 15.1. The third-order valence-corrected chi connectivity index (χ3v) is 7.09. The van der Waals surface area contributed by atoms with Gasteiger partial charge in [-0.3, -0.25) is 4.90 Å². The van der Waals surface area contributed by atoms with Crippen LogP contribution in [0.15, 0.2) is 64.9 Å². The molecular formula is C24H28ClN3O2S. The Morgan fingerprint density at radius 2 is 1.71 bits per heavy atom. The van der Waals surface area contributed by atoms with Crippen LogP contribution in [0.5, 0.6) is 0 Å². The summed E-state index contributed by atoms with van der Waals surface area (Å²) in [5, 5.41) is 0.777. The standard InChI is InChI=1S/C24H28ClN3O2S/c1-2-24(29)30-17-16-27-14-12-26(13-15-27)10-5-11-28-20-6-3-4-7-22(20)31-23-9-8-19(25)18-21(23)28/h2-4,6-9,18H,1,5,10-17H2. The smallest absolute Gasteiger partial charge is 0.330 e. The number of para-hydroxylation sites is 1. The molecule has 1 saturated heterocycles. The highest BCUT2D eigenvalue weighted by atomic mass is 35.5. The minimum atomic E-state index is -0.348. The molecule has 7 heteroatoms. The van der Waals surface area contributed by atoms with Crippen LogP contribution in [0, 0.1) is 0 Å². The number of piperazine rings is 1. The fraction of sp³-hybridized carbons (Fsp3) is 0.375. The molecule has 0 aliphatic carbocycles. The van der Waals surface area contributed by atoms with Crippen molar-refractivity contribution in [1.29, 1.82) is 0 Å². The van der Waals surface area contributed by atoms with Gasteiger partial charge in [-0.25, -0.2) is 4.79 Å². The molecule has 2 heterocycles. The highest BCUT2D eigenvalue weighted by Crippen LogP contribution is 2.48. The number of rotatable bonds is 8. The fourth-order valence-electron chi connectivity index (χ4n) is 4.07. The number of esters is 1. The lowest BCUT2D eigenvalue weighted by Crippen LogP contribution is -2.47. The van der Waals surface area contributed by atoms with Crippen LogP contribution in [0.4, 0.5) is 11.4 Å². The number of nitrogens with zero attached hydrogens (tertiary/aromatic N) is 3. The lowest BCUT2D eigenvalue weighted by Gasteiger charge is -2.36. The number of hydrogen-bond donors (Lipinski definition) is 0. The van der Waals surface area contributed by atoms with Crippen LogP contribution in [0.1, 0.15) is 6.42 Å². The Hall–Kier alpha value is -1.99. The Kier molecular flexibility index (Phi) is 7.56. The van der Waals surface area contributed by atoms with Crippen LogP contribution in [0.2, 0.25) is 5.02 Å². The predicted octanol–water partition coefficient (Wildman–Crippen LogP) is 4.68. The van der Waals surface area contributed by atoms with Gasteiger partial charge in [0.05, 0.1) is 11.4 Å². The van der Waals surface area contributed by atoms with E-state index in [0.29, 0.717) is 6.61 Å². The molecule has 0 atom stereocenters. The number of carbonyl (C=O) groups excluding carboxylic acids is 1. The number of benzene rings is 2. The Balaban J connectivity index is 1.28. The van der Waals surface area contributed by atoms with Crippen molar-refractivity contribution in [3.8, 4) is 0 Å². The van der Waals surface area contributed by atoms with Gasteiger partial charge in [0.1, 0.15) is 6.61 Å². The van der Waals surface area contributed by atoms with E-state index in [2.05, 4.69) is 57.7 Å². The van der Waals surface area contributed by atoms with E-state index in [4.69, 9.17) is 16.3 Å². The van der Waals surface area contributed by atoms with Crippen LogP contribution in [0.3, 0.4) is 0 Å². The maximum Gasteiger partial charge on any atom is 0.330 e. The molecule has 5 nitrogen and oxygen atoms in total. The van der Waals surface area contributed by atoms with Gasteiger partial charge in [0.2, 0.25) is 0 Å². The molecule has 2 aromatic rings. The highest BCUT2D eigenvalue weighted by molar-refractivity contribution is 7.99. The first-order valence-corrected chi connectivity index (χ1v) is 11.9. The molecule has 0 N–H and O–H groups in total. The molecule has 0 bridgehead atoms. The molecule has 164 valence electrons. The Morgan fingerprint density at radius 3 is 2.48 bits per heavy atom. The monoisotopic (exact) mass is 457 g/mol. The summed E-state index contributed by atoms with van der Waals surface area (Å²) < 4.78 is 5.09. The van der Waals surface area contributed by atoms with Gasteiger partial charge in [-0.1, -0.05) is 42.1 Å². The van der Waals surface area contributed by atoms with Gasteiger partial charge < -0.3 is 14.5 Å². The van der Waals surface area contributed by atoms with E-state index in [-0.39, 0.29) is 5.97 Å². The number of anilines is 2. The van der Waals surface area contributed by atoms with Crippen LogP contribution in [-0.4, -0.2) is 68.2 Å². The van der Waals surface area contributed by atoms with Crippen LogP contribution >= 0.6 is 23.4 Å². The summed E-state index contributed by atoms with van der Waals surface area (Å²) in [6.07, 6.45) is 2.30. The first kappa shape index (κ1) is 22.2. The zero-order chi connectivity index (χ0) is 21.6. The number of ether oxygens (including phenoxy) is 1. The van der Waals surface area contributed by atoms with Gasteiger partial charge in [-0.15, -0.1) is 0 Å². The second-order valence-electron chi connectivity index (χ2n) is 7.74. The zero-order valence-electron chi connectivity index (χ0n) is 17.6. The maximum atomic E-state index is 11.1. The summed E-state index contributed by atoms with van der Waals surface area (Å²) in [6.45, 7) is 10.8. The van der Waals surface area contributed by atoms with Gasteiger partial charge in [-0.2, -0.15) is 0 Å². The maximum absolute atomic E-state index is 11.1. The molecule has 0 amide bonds. The van der Waals surface area contributed by atoms with E-state index in [1.807, 2.05) is 17.8 Å². The van der Waals surface area contributed by atoms with Crippen molar-refractivity contribution in [2.24, 2.45) is 0 Å². The van der Waals surface area contributed by atoms with Gasteiger partial charge in [-0.05, 0) is 43.3 Å². The quantitative estimate of drug-likeness (QED) is 0.423. The largest absolute Gasteiger partial charge is 0.461 e. The van der Waals surface area contributed by atoms with Crippen LogP contribution in [-0.2, 0) is 9.53 Å². The SMILES string of the molecule is C=CC(=O)OCCN1CCN(CCCN2c3ccccc3Sc3ccc(Cl)cc32)CC1. The van der Waals surface area contributed by atoms with Crippen molar-refractivity contribution in [2.45, 2.75) is 16.2 Å². The normalized spacial score (nSPS) is 16.5. The van der Waals surface area contributed by atoms with E-state index in [9.17, 15) is 4.79 Å². The van der Waals surface area contributed by atoms with Crippen molar-refractivity contribution in [3.05, 3.63) is 60.1 Å². The number of halogens is 1. The molecule has 0 spiro atoms. The second-order valence-corrected chi connectivity index (χ2v) is 9.26. The molecule has 2 aliphatic heterocycles. The van der Waals surface area contributed by atoms with Crippen molar-refractivity contribution in [2.75, 3.05) is 57.3 Å². The van der Waals surface area contributed by atoms with E-state index < -0.39 is 0 Å². The zero-order valence-corrected chi connectivity index (χ0v) is 19.2. The molecule has 0 aromatic heterocycles. The van der Waals surface area contributed by atoms with Gasteiger partial charge in [0.15, 0.2) is 0 Å². The molecule has 0 unspecified atom stereocenters. The van der Waals surface area contributed by atoms with E-state index in [1.165, 1.54) is 27.2 Å².